The van der Waals surface area contributed by atoms with Crippen LogP contribution in [0.5, 0.6) is 0 Å². The fraction of sp³-hybridized carbons (Fsp3) is 0. The van der Waals surface area contributed by atoms with Gasteiger partial charge in [0.05, 0.1) is 5.56 Å². The Kier molecular flexibility index (Phi) is 3.76. The Morgan fingerprint density at radius 3 is 2.56 bits per heavy atom. The van der Waals surface area contributed by atoms with E-state index < -0.39 is 5.97 Å². The average Bonchev–Trinajstić information content (AvgIpc) is 2.40. The molecule has 90 valence electrons. The Bertz CT molecular complexity index is 562. The predicted octanol–water partition coefficient (Wildman–Crippen LogP) is 3.47. The van der Waals surface area contributed by atoms with E-state index in [-0.39, 0.29) is 5.56 Å². The first kappa shape index (κ1) is 11.9. The van der Waals surface area contributed by atoms with Crippen molar-refractivity contribution in [3.8, 4) is 0 Å². The van der Waals surface area contributed by atoms with E-state index in [1.807, 2.05) is 42.5 Å². The minimum atomic E-state index is -0.915. The molecule has 18 heavy (non-hydrogen) atoms. The van der Waals surface area contributed by atoms with E-state index in [9.17, 15) is 4.79 Å². The number of carboxylic acids is 1. The minimum Gasteiger partial charge on any atom is -0.478 e. The average molecular weight is 239 g/mol. The van der Waals surface area contributed by atoms with Gasteiger partial charge in [-0.1, -0.05) is 30.3 Å². The summed E-state index contributed by atoms with van der Waals surface area (Å²) >= 11 is 0. The van der Waals surface area contributed by atoms with Crippen LogP contribution in [0.15, 0.2) is 60.8 Å². The highest BCUT2D eigenvalue weighted by Gasteiger charge is 2.00. The van der Waals surface area contributed by atoms with E-state index in [0.717, 1.165) is 11.3 Å². The highest BCUT2D eigenvalue weighted by molar-refractivity contribution is 5.88. The van der Waals surface area contributed by atoms with Crippen LogP contribution in [0.3, 0.4) is 0 Å². The molecule has 0 saturated carbocycles. The molecule has 0 unspecified atom stereocenters. The van der Waals surface area contributed by atoms with Crippen molar-refractivity contribution in [3.05, 3.63) is 71.9 Å². The monoisotopic (exact) mass is 239 g/mol. The number of benzene rings is 2. The first-order valence-electron chi connectivity index (χ1n) is 5.57. The lowest BCUT2D eigenvalue weighted by Crippen LogP contribution is -1.95. The summed E-state index contributed by atoms with van der Waals surface area (Å²) in [7, 11) is 0. The molecule has 3 nitrogen and oxygen atoms in total. The van der Waals surface area contributed by atoms with Crippen LogP contribution in [0.25, 0.3) is 6.08 Å². The molecule has 0 aromatic heterocycles. The van der Waals surface area contributed by atoms with E-state index in [1.165, 1.54) is 0 Å². The van der Waals surface area contributed by atoms with Gasteiger partial charge < -0.3 is 10.4 Å². The fourth-order valence-corrected chi connectivity index (χ4v) is 1.54. The van der Waals surface area contributed by atoms with Gasteiger partial charge in [-0.15, -0.1) is 0 Å². The maximum absolute atomic E-state index is 10.8. The summed E-state index contributed by atoms with van der Waals surface area (Å²) in [6.45, 7) is 0. The Hall–Kier alpha value is -2.55. The second-order valence-corrected chi connectivity index (χ2v) is 3.77. The highest BCUT2D eigenvalue weighted by atomic mass is 16.4. The number of hydrogen-bond acceptors (Lipinski definition) is 2. The van der Waals surface area contributed by atoms with Gasteiger partial charge in [0.1, 0.15) is 0 Å². The highest BCUT2D eigenvalue weighted by Crippen LogP contribution is 2.09. The number of hydrogen-bond donors (Lipinski definition) is 2. The summed E-state index contributed by atoms with van der Waals surface area (Å²) in [6, 6.07) is 16.5. The van der Waals surface area contributed by atoms with E-state index >= 15 is 0 Å². The summed E-state index contributed by atoms with van der Waals surface area (Å²) in [5.74, 6) is -0.915. The van der Waals surface area contributed by atoms with Gasteiger partial charge in [-0.3, -0.25) is 0 Å². The molecular weight excluding hydrogens is 226 g/mol. The molecular formula is C15H13NO2. The maximum atomic E-state index is 10.8. The summed E-state index contributed by atoms with van der Waals surface area (Å²) in [4.78, 5) is 10.8. The van der Waals surface area contributed by atoms with Crippen LogP contribution < -0.4 is 5.32 Å². The van der Waals surface area contributed by atoms with E-state index in [1.54, 1.807) is 24.4 Å². The fourth-order valence-electron chi connectivity index (χ4n) is 1.54. The first-order chi connectivity index (χ1) is 8.75. The van der Waals surface area contributed by atoms with Gasteiger partial charge in [0.25, 0.3) is 0 Å². The third kappa shape index (κ3) is 3.22. The molecule has 2 N–H and O–H groups in total. The van der Waals surface area contributed by atoms with Crippen molar-refractivity contribution in [2.75, 3.05) is 5.32 Å². The third-order valence-corrected chi connectivity index (χ3v) is 2.43. The van der Waals surface area contributed by atoms with Crippen LogP contribution in [0.1, 0.15) is 15.9 Å². The molecule has 3 heteroatoms. The standard InChI is InChI=1S/C15H13NO2/c17-15(18)13-6-4-5-12(11-13)9-10-16-14-7-2-1-3-8-14/h1-11,16H,(H,17,18). The largest absolute Gasteiger partial charge is 0.478 e. The van der Waals surface area contributed by atoms with Gasteiger partial charge in [-0.05, 0) is 35.9 Å². The second kappa shape index (κ2) is 5.68. The molecule has 0 aliphatic carbocycles. The molecule has 0 fully saturated rings. The number of aromatic carboxylic acids is 1. The van der Waals surface area contributed by atoms with Crippen molar-refractivity contribution >= 4 is 17.7 Å². The van der Waals surface area contributed by atoms with Crippen LogP contribution in [0.4, 0.5) is 5.69 Å². The lowest BCUT2D eigenvalue weighted by Gasteiger charge is -2.00. The van der Waals surface area contributed by atoms with Crippen molar-refractivity contribution in [3.63, 3.8) is 0 Å². The predicted molar refractivity (Wildman–Crippen MR) is 72.5 cm³/mol. The summed E-state index contributed by atoms with van der Waals surface area (Å²) < 4.78 is 0. The minimum absolute atomic E-state index is 0.289. The summed E-state index contributed by atoms with van der Waals surface area (Å²) in [6.07, 6.45) is 3.62. The number of carboxylic acid groups (broad SMARTS) is 1. The van der Waals surface area contributed by atoms with Crippen LogP contribution in [0.2, 0.25) is 0 Å². The molecule has 2 aromatic carbocycles. The molecule has 0 atom stereocenters. The number of rotatable bonds is 4. The van der Waals surface area contributed by atoms with Crippen molar-refractivity contribution in [2.45, 2.75) is 0 Å². The van der Waals surface area contributed by atoms with Crippen molar-refractivity contribution in [1.29, 1.82) is 0 Å². The molecule has 0 amide bonds. The number of anilines is 1. The molecule has 0 aliphatic rings. The molecule has 2 aromatic rings. The maximum Gasteiger partial charge on any atom is 0.335 e. The van der Waals surface area contributed by atoms with Gasteiger partial charge >= 0.3 is 5.97 Å². The quantitative estimate of drug-likeness (QED) is 0.858. The van der Waals surface area contributed by atoms with E-state index in [2.05, 4.69) is 5.32 Å². The molecule has 2 rings (SSSR count). The van der Waals surface area contributed by atoms with Gasteiger partial charge in [0.15, 0.2) is 0 Å². The zero-order valence-electron chi connectivity index (χ0n) is 9.71. The second-order valence-electron chi connectivity index (χ2n) is 3.77. The molecule has 0 bridgehead atoms. The van der Waals surface area contributed by atoms with Crippen molar-refractivity contribution < 1.29 is 9.90 Å². The Morgan fingerprint density at radius 2 is 1.83 bits per heavy atom. The third-order valence-electron chi connectivity index (χ3n) is 2.43. The normalized spacial score (nSPS) is 10.4. The van der Waals surface area contributed by atoms with Gasteiger partial charge in [0, 0.05) is 11.9 Å². The Balaban J connectivity index is 2.05. The Labute approximate surface area is 105 Å². The van der Waals surface area contributed by atoms with Crippen molar-refractivity contribution in [2.24, 2.45) is 0 Å². The summed E-state index contributed by atoms with van der Waals surface area (Å²) in [5.41, 5.74) is 2.12. The summed E-state index contributed by atoms with van der Waals surface area (Å²) in [5, 5.41) is 12.0. The molecule has 0 radical (unpaired) electrons. The van der Waals surface area contributed by atoms with Gasteiger partial charge in [0.2, 0.25) is 0 Å². The number of carbonyl (C=O) groups is 1. The smallest absolute Gasteiger partial charge is 0.335 e. The van der Waals surface area contributed by atoms with Crippen LogP contribution in [-0.2, 0) is 0 Å². The zero-order chi connectivity index (χ0) is 12.8. The van der Waals surface area contributed by atoms with Crippen molar-refractivity contribution in [1.82, 2.24) is 0 Å². The number of para-hydroxylation sites is 1. The van der Waals surface area contributed by atoms with E-state index in [0.29, 0.717) is 0 Å². The van der Waals surface area contributed by atoms with Crippen LogP contribution in [-0.4, -0.2) is 11.1 Å². The lowest BCUT2D eigenvalue weighted by atomic mass is 10.1. The van der Waals surface area contributed by atoms with Crippen LogP contribution >= 0.6 is 0 Å². The molecule has 0 spiro atoms. The molecule has 0 aliphatic heterocycles. The molecule has 0 heterocycles. The zero-order valence-corrected chi connectivity index (χ0v) is 9.71. The first-order valence-corrected chi connectivity index (χ1v) is 5.57. The van der Waals surface area contributed by atoms with E-state index in [4.69, 9.17) is 5.11 Å². The van der Waals surface area contributed by atoms with Gasteiger partial charge in [-0.2, -0.15) is 0 Å². The molecule has 0 saturated heterocycles. The lowest BCUT2D eigenvalue weighted by molar-refractivity contribution is 0.0697. The number of nitrogens with one attached hydrogen (secondary N) is 1. The van der Waals surface area contributed by atoms with Gasteiger partial charge in [-0.25, -0.2) is 4.79 Å². The Morgan fingerprint density at radius 1 is 1.06 bits per heavy atom. The SMILES string of the molecule is O=C(O)c1cccc(C=CNc2ccccc2)c1. The van der Waals surface area contributed by atoms with Crippen LogP contribution in [0, 0.1) is 0 Å². The topological polar surface area (TPSA) is 49.3 Å².